The Hall–Kier alpha value is -3.06. The maximum atomic E-state index is 12.9. The number of nitrogens with zero attached hydrogens (tertiary/aromatic N) is 1. The number of carbonyl (C=O) groups excluding carboxylic acids is 2. The number of carbonyl (C=O) groups is 2. The highest BCUT2D eigenvalue weighted by Gasteiger charge is 2.27. The molecule has 0 saturated carbocycles. The second kappa shape index (κ2) is 9.63. The van der Waals surface area contributed by atoms with Gasteiger partial charge in [0.1, 0.15) is 0 Å². The number of benzene rings is 2. The van der Waals surface area contributed by atoms with E-state index in [4.69, 9.17) is 14.2 Å². The maximum absolute atomic E-state index is 12.9. The molecule has 156 valence electrons. The van der Waals surface area contributed by atoms with Gasteiger partial charge in [-0.25, -0.2) is 0 Å². The molecule has 30 heavy (non-hydrogen) atoms. The summed E-state index contributed by atoms with van der Waals surface area (Å²) in [5, 5.41) is 0. The third kappa shape index (κ3) is 4.41. The van der Waals surface area contributed by atoms with Crippen molar-refractivity contribution in [2.75, 3.05) is 27.9 Å². The molecule has 0 aromatic heterocycles. The third-order valence-corrected chi connectivity index (χ3v) is 5.40. The average molecular weight is 472 g/mol. The van der Waals surface area contributed by atoms with Gasteiger partial charge >= 0.3 is 0 Å². The molecule has 0 N–H and O–H groups in total. The van der Waals surface area contributed by atoms with Gasteiger partial charge in [0.05, 0.1) is 21.3 Å². The van der Waals surface area contributed by atoms with Gasteiger partial charge in [0.25, 0.3) is 11.8 Å². The van der Waals surface area contributed by atoms with E-state index in [0.29, 0.717) is 41.4 Å². The monoisotopic (exact) mass is 471 g/mol. The number of hydrogen-bond acceptors (Lipinski definition) is 5. The van der Waals surface area contributed by atoms with Gasteiger partial charge in [-0.3, -0.25) is 14.5 Å². The van der Waals surface area contributed by atoms with Gasteiger partial charge < -0.3 is 14.2 Å². The number of hydrogen-bond donors (Lipinski definition) is 0. The Kier molecular flexibility index (Phi) is 6.95. The summed E-state index contributed by atoms with van der Waals surface area (Å²) < 4.78 is 16.8. The van der Waals surface area contributed by atoms with Crippen LogP contribution in [0.4, 0.5) is 0 Å². The van der Waals surface area contributed by atoms with Crippen molar-refractivity contribution in [2.45, 2.75) is 6.42 Å². The van der Waals surface area contributed by atoms with Gasteiger partial charge in [0.15, 0.2) is 11.5 Å². The van der Waals surface area contributed by atoms with E-state index in [9.17, 15) is 9.59 Å². The molecule has 0 spiro atoms. The van der Waals surface area contributed by atoms with E-state index in [1.54, 1.807) is 18.2 Å². The van der Waals surface area contributed by atoms with Crippen LogP contribution in [0.5, 0.6) is 17.2 Å². The van der Waals surface area contributed by atoms with E-state index < -0.39 is 0 Å². The summed E-state index contributed by atoms with van der Waals surface area (Å²) >= 11 is 3.47. The highest BCUT2D eigenvalue weighted by Crippen LogP contribution is 2.38. The minimum Gasteiger partial charge on any atom is -0.493 e. The summed E-state index contributed by atoms with van der Waals surface area (Å²) in [6.45, 7) is 0.339. The van der Waals surface area contributed by atoms with Gasteiger partial charge in [-0.05, 0) is 36.3 Å². The minimum atomic E-state index is -0.383. The van der Waals surface area contributed by atoms with Crippen LogP contribution in [0.15, 0.2) is 53.0 Å². The minimum absolute atomic E-state index is 0.312. The molecule has 0 atom stereocenters. The lowest BCUT2D eigenvalue weighted by Crippen LogP contribution is -2.39. The number of halogens is 1. The van der Waals surface area contributed by atoms with Crippen molar-refractivity contribution in [3.63, 3.8) is 0 Å². The second-order valence-corrected chi connectivity index (χ2v) is 7.33. The number of methoxy groups -OCH3 is 3. The van der Waals surface area contributed by atoms with Gasteiger partial charge in [-0.15, -0.1) is 0 Å². The Balaban J connectivity index is 1.83. The first-order valence-corrected chi connectivity index (χ1v) is 10.1. The average Bonchev–Trinajstić information content (AvgIpc) is 2.77. The zero-order valence-electron chi connectivity index (χ0n) is 17.0. The quantitative estimate of drug-likeness (QED) is 0.586. The fraction of sp³-hybridized carbons (Fsp3) is 0.217. The van der Waals surface area contributed by atoms with Gasteiger partial charge in [-0.2, -0.15) is 0 Å². The lowest BCUT2D eigenvalue weighted by Gasteiger charge is -2.25. The summed E-state index contributed by atoms with van der Waals surface area (Å²) in [5.74, 6) is 0.742. The Morgan fingerprint density at radius 1 is 1.07 bits per heavy atom. The van der Waals surface area contributed by atoms with Crippen molar-refractivity contribution in [3.8, 4) is 17.2 Å². The largest absolute Gasteiger partial charge is 0.493 e. The van der Waals surface area contributed by atoms with Crippen molar-refractivity contribution < 1.29 is 23.8 Å². The molecule has 7 heteroatoms. The molecular weight excluding hydrogens is 450 g/mol. The van der Waals surface area contributed by atoms with E-state index in [-0.39, 0.29) is 11.8 Å². The molecular formula is C23H22BrNO5. The molecule has 1 aliphatic rings. The molecule has 6 nitrogen and oxygen atoms in total. The summed E-state index contributed by atoms with van der Waals surface area (Å²) in [5.41, 5.74) is 1.97. The van der Waals surface area contributed by atoms with Crippen LogP contribution in [0, 0.1) is 0 Å². The predicted molar refractivity (Wildman–Crippen MR) is 119 cm³/mol. The highest BCUT2D eigenvalue weighted by molar-refractivity contribution is 9.10. The highest BCUT2D eigenvalue weighted by atomic mass is 79.9. The molecule has 1 aliphatic heterocycles. The first-order valence-electron chi connectivity index (χ1n) is 9.29. The molecule has 2 aromatic rings. The topological polar surface area (TPSA) is 65.1 Å². The van der Waals surface area contributed by atoms with E-state index in [1.165, 1.54) is 32.3 Å². The Morgan fingerprint density at radius 2 is 1.73 bits per heavy atom. The van der Waals surface area contributed by atoms with Gasteiger partial charge in [-0.1, -0.05) is 40.2 Å². The Bertz CT molecular complexity index is 1000. The Morgan fingerprint density at radius 3 is 2.33 bits per heavy atom. The van der Waals surface area contributed by atoms with Crippen LogP contribution in [-0.4, -0.2) is 44.6 Å². The van der Waals surface area contributed by atoms with Crippen molar-refractivity contribution in [1.82, 2.24) is 4.90 Å². The van der Waals surface area contributed by atoms with Crippen LogP contribution >= 0.6 is 15.9 Å². The first kappa shape index (κ1) is 21.6. The van der Waals surface area contributed by atoms with Gasteiger partial charge in [0.2, 0.25) is 5.75 Å². The lowest BCUT2D eigenvalue weighted by atomic mass is 10.00. The van der Waals surface area contributed by atoms with E-state index >= 15 is 0 Å². The third-order valence-electron chi connectivity index (χ3n) is 4.71. The molecule has 0 unspecified atom stereocenters. The first-order chi connectivity index (χ1) is 14.5. The smallest absolute Gasteiger partial charge is 0.261 e. The predicted octanol–water partition coefficient (Wildman–Crippen LogP) is 4.33. The van der Waals surface area contributed by atoms with E-state index in [2.05, 4.69) is 15.9 Å². The summed E-state index contributed by atoms with van der Waals surface area (Å²) in [6.07, 6.45) is 5.47. The van der Waals surface area contributed by atoms with Crippen LogP contribution in [0.2, 0.25) is 0 Å². The van der Waals surface area contributed by atoms with Crippen molar-refractivity contribution in [2.24, 2.45) is 0 Å². The molecule has 0 bridgehead atoms. The molecule has 0 fully saturated rings. The number of rotatable bonds is 6. The molecule has 2 amide bonds. The van der Waals surface area contributed by atoms with E-state index in [1.807, 2.05) is 30.3 Å². The van der Waals surface area contributed by atoms with Crippen molar-refractivity contribution in [1.29, 1.82) is 0 Å². The van der Waals surface area contributed by atoms with Crippen LogP contribution in [0.3, 0.4) is 0 Å². The summed E-state index contributed by atoms with van der Waals surface area (Å²) in [6, 6.07) is 10.9. The van der Waals surface area contributed by atoms with Crippen molar-refractivity contribution >= 4 is 39.4 Å². The van der Waals surface area contributed by atoms with Crippen LogP contribution in [0.25, 0.3) is 11.6 Å². The van der Waals surface area contributed by atoms with Crippen LogP contribution in [0.1, 0.15) is 17.5 Å². The second-order valence-electron chi connectivity index (χ2n) is 6.47. The molecule has 1 heterocycles. The number of imide groups is 1. The molecule has 0 saturated heterocycles. The fourth-order valence-corrected chi connectivity index (χ4v) is 3.74. The van der Waals surface area contributed by atoms with Crippen molar-refractivity contribution in [3.05, 3.63) is 64.1 Å². The Labute approximate surface area is 183 Å². The summed E-state index contributed by atoms with van der Waals surface area (Å²) in [4.78, 5) is 27.0. The van der Waals surface area contributed by atoms with Crippen LogP contribution in [-0.2, 0) is 9.59 Å². The number of ether oxygens (including phenoxy) is 3. The molecule has 2 aromatic carbocycles. The molecule has 0 radical (unpaired) electrons. The normalized spacial score (nSPS) is 13.9. The van der Waals surface area contributed by atoms with Gasteiger partial charge in [0, 0.05) is 28.2 Å². The van der Waals surface area contributed by atoms with Crippen LogP contribution < -0.4 is 14.2 Å². The zero-order chi connectivity index (χ0) is 21.7. The molecule has 3 rings (SSSR count). The number of amides is 2. The maximum Gasteiger partial charge on any atom is 0.261 e. The summed E-state index contributed by atoms with van der Waals surface area (Å²) in [7, 11) is 4.58. The SMILES string of the molecule is COc1cc(C=CC(=O)N2CCC=C(c3ccccc3Br)C2=O)cc(OC)c1OC. The zero-order valence-corrected chi connectivity index (χ0v) is 18.6. The lowest BCUT2D eigenvalue weighted by molar-refractivity contribution is -0.138. The molecule has 0 aliphatic carbocycles. The fourth-order valence-electron chi connectivity index (χ4n) is 3.24. The standard InChI is InChI=1S/C23H22BrNO5/c1-28-19-13-15(14-20(29-2)22(19)30-3)10-11-21(26)25-12-6-8-17(23(25)27)16-7-4-5-9-18(16)24/h4-5,7-11,13-14H,6,12H2,1-3H3. The van der Waals surface area contributed by atoms with E-state index in [0.717, 1.165) is 10.0 Å².